The maximum atomic E-state index is 13.5. The molecule has 2 aliphatic heterocycles. The molecule has 1 atom stereocenters. The summed E-state index contributed by atoms with van der Waals surface area (Å²) in [5, 5.41) is 6.45. The second kappa shape index (κ2) is 12.9. The molecule has 222 valence electrons. The van der Waals surface area contributed by atoms with Crippen LogP contribution in [-0.4, -0.2) is 62.6 Å². The van der Waals surface area contributed by atoms with E-state index < -0.39 is 9.84 Å². The van der Waals surface area contributed by atoms with Gasteiger partial charge in [0.25, 0.3) is 0 Å². The van der Waals surface area contributed by atoms with Crippen molar-refractivity contribution in [3.8, 4) is 0 Å². The highest BCUT2D eigenvalue weighted by atomic mass is 35.5. The molecule has 2 heterocycles. The van der Waals surface area contributed by atoms with Crippen molar-refractivity contribution in [2.75, 3.05) is 37.8 Å². The minimum absolute atomic E-state index is 0.178. The predicted octanol–water partition coefficient (Wildman–Crippen LogP) is 5.51. The Hall–Kier alpha value is -3.40. The first-order valence-corrected chi connectivity index (χ1v) is 16.6. The van der Waals surface area contributed by atoms with Crippen LogP contribution in [0.25, 0.3) is 0 Å². The molecule has 3 amide bonds. The number of anilines is 1. The Balaban J connectivity index is 1.15. The first-order chi connectivity index (χ1) is 20.1. The number of halogens is 1. The fraction of sp³-hybridized carbons (Fsp3) is 0.375. The summed E-state index contributed by atoms with van der Waals surface area (Å²) in [5.41, 5.74) is 2.20. The van der Waals surface area contributed by atoms with Crippen molar-refractivity contribution >= 4 is 39.1 Å². The van der Waals surface area contributed by atoms with Crippen molar-refractivity contribution in [2.45, 2.75) is 43.2 Å². The number of hydrogen-bond acceptors (Lipinski definition) is 5. The zero-order valence-electron chi connectivity index (χ0n) is 23.8. The molecule has 0 radical (unpaired) electrons. The van der Waals surface area contributed by atoms with Crippen LogP contribution in [0.15, 0.2) is 83.8 Å². The van der Waals surface area contributed by atoms with E-state index in [2.05, 4.69) is 15.5 Å². The van der Waals surface area contributed by atoms with E-state index in [9.17, 15) is 18.0 Å². The molecular formula is C32H37ClN4O4S. The Labute approximate surface area is 253 Å². The van der Waals surface area contributed by atoms with Gasteiger partial charge in [-0.15, -0.1) is 0 Å². The Kier molecular flexibility index (Phi) is 9.20. The second-order valence-electron chi connectivity index (χ2n) is 11.3. The predicted molar refractivity (Wildman–Crippen MR) is 165 cm³/mol. The quantitative estimate of drug-likeness (QED) is 0.334. The third-order valence-corrected chi connectivity index (χ3v) is 9.96. The van der Waals surface area contributed by atoms with Crippen molar-refractivity contribution in [1.29, 1.82) is 0 Å². The molecular weight excluding hydrogens is 572 g/mol. The van der Waals surface area contributed by atoms with Crippen molar-refractivity contribution in [3.05, 3.63) is 95.0 Å². The molecule has 0 aromatic heterocycles. The fourth-order valence-corrected chi connectivity index (χ4v) is 6.79. The van der Waals surface area contributed by atoms with Crippen molar-refractivity contribution in [3.63, 3.8) is 0 Å². The number of urea groups is 1. The number of rotatable bonds is 9. The highest BCUT2D eigenvalue weighted by Crippen LogP contribution is 2.42. The van der Waals surface area contributed by atoms with Crippen LogP contribution in [-0.2, 0) is 21.2 Å². The van der Waals surface area contributed by atoms with Gasteiger partial charge < -0.3 is 20.4 Å². The normalized spacial score (nSPS) is 17.8. The molecule has 2 saturated heterocycles. The molecule has 1 spiro atoms. The molecule has 0 aliphatic carbocycles. The fourth-order valence-electron chi connectivity index (χ4n) is 5.97. The highest BCUT2D eigenvalue weighted by molar-refractivity contribution is 7.90. The van der Waals surface area contributed by atoms with E-state index in [0.717, 1.165) is 56.4 Å². The van der Waals surface area contributed by atoms with Gasteiger partial charge in [0.1, 0.15) is 0 Å². The lowest BCUT2D eigenvalue weighted by atomic mass is 9.77. The molecule has 8 nitrogen and oxygen atoms in total. The van der Waals surface area contributed by atoms with Gasteiger partial charge >= 0.3 is 6.03 Å². The van der Waals surface area contributed by atoms with Crippen LogP contribution in [0.1, 0.15) is 42.9 Å². The Morgan fingerprint density at radius 2 is 1.57 bits per heavy atom. The summed E-state index contributed by atoms with van der Waals surface area (Å²) in [6.07, 6.45) is 4.39. The molecule has 3 aromatic rings. The molecule has 0 saturated carbocycles. The molecule has 42 heavy (non-hydrogen) atoms. The number of nitrogens with one attached hydrogen (secondary N) is 2. The molecule has 2 N–H and O–H groups in total. The standard InChI is InChI=1S/C32H37ClN4O4S/c1-42(40,41)26-13-11-24(12-14-26)23-37-22-18-32(30(37)38)16-20-36(21-17-32)19-15-28(25-7-3-2-4-8-25)34-31(39)35-29-10-6-5-9-27(29)33/h2-14,28H,15-23H2,1H3,(H2,34,35,39). The molecule has 1 unspecified atom stereocenters. The molecule has 5 rings (SSSR count). The van der Waals surface area contributed by atoms with E-state index >= 15 is 0 Å². The number of hydrogen-bond donors (Lipinski definition) is 2. The third-order valence-electron chi connectivity index (χ3n) is 8.50. The summed E-state index contributed by atoms with van der Waals surface area (Å²) < 4.78 is 23.5. The van der Waals surface area contributed by atoms with Gasteiger partial charge in [0.2, 0.25) is 5.91 Å². The van der Waals surface area contributed by atoms with Crippen LogP contribution in [0.4, 0.5) is 10.5 Å². The SMILES string of the molecule is CS(=O)(=O)c1ccc(CN2CCC3(CCN(CCC(NC(=O)Nc4ccccc4Cl)c4ccccc4)CC3)C2=O)cc1. The monoisotopic (exact) mass is 608 g/mol. The molecule has 10 heteroatoms. The number of amides is 3. The van der Waals surface area contributed by atoms with Gasteiger partial charge in [0.15, 0.2) is 9.84 Å². The zero-order valence-corrected chi connectivity index (χ0v) is 25.3. The van der Waals surface area contributed by atoms with Crippen LogP contribution < -0.4 is 10.6 Å². The summed E-state index contributed by atoms with van der Waals surface area (Å²) in [6, 6.07) is 23.4. The summed E-state index contributed by atoms with van der Waals surface area (Å²) >= 11 is 6.22. The smallest absolute Gasteiger partial charge is 0.319 e. The molecule has 2 fully saturated rings. The van der Waals surface area contributed by atoms with E-state index in [1.54, 1.807) is 36.4 Å². The summed E-state index contributed by atoms with van der Waals surface area (Å²) in [5.74, 6) is 0.203. The summed E-state index contributed by atoms with van der Waals surface area (Å²) in [7, 11) is -3.25. The lowest BCUT2D eigenvalue weighted by Gasteiger charge is -2.38. The van der Waals surface area contributed by atoms with Gasteiger partial charge in [-0.1, -0.05) is 66.2 Å². The van der Waals surface area contributed by atoms with Crippen LogP contribution in [0.5, 0.6) is 0 Å². The van der Waals surface area contributed by atoms with E-state index in [-0.39, 0.29) is 28.3 Å². The van der Waals surface area contributed by atoms with E-state index in [0.29, 0.717) is 23.8 Å². The largest absolute Gasteiger partial charge is 0.338 e. The van der Waals surface area contributed by atoms with Crippen LogP contribution in [0.3, 0.4) is 0 Å². The zero-order chi connectivity index (χ0) is 29.7. The van der Waals surface area contributed by atoms with Crippen LogP contribution >= 0.6 is 11.6 Å². The average Bonchev–Trinajstić information content (AvgIpc) is 3.27. The van der Waals surface area contributed by atoms with Crippen LogP contribution in [0, 0.1) is 5.41 Å². The van der Waals surface area contributed by atoms with Gasteiger partial charge in [-0.3, -0.25) is 4.79 Å². The van der Waals surface area contributed by atoms with Gasteiger partial charge in [0, 0.05) is 25.9 Å². The van der Waals surface area contributed by atoms with Gasteiger partial charge in [-0.2, -0.15) is 0 Å². The number of piperidine rings is 1. The van der Waals surface area contributed by atoms with Gasteiger partial charge in [-0.25, -0.2) is 13.2 Å². The molecule has 0 bridgehead atoms. The maximum absolute atomic E-state index is 13.5. The first-order valence-electron chi connectivity index (χ1n) is 14.3. The second-order valence-corrected chi connectivity index (χ2v) is 13.8. The van der Waals surface area contributed by atoms with Crippen molar-refractivity contribution in [1.82, 2.24) is 15.1 Å². The Morgan fingerprint density at radius 1 is 0.929 bits per heavy atom. The maximum Gasteiger partial charge on any atom is 0.319 e. The number of carbonyl (C=O) groups is 2. The van der Waals surface area contributed by atoms with Crippen LogP contribution in [0.2, 0.25) is 5.02 Å². The van der Waals surface area contributed by atoms with E-state index in [1.807, 2.05) is 47.4 Å². The number of nitrogens with zero attached hydrogens (tertiary/aromatic N) is 2. The van der Waals surface area contributed by atoms with E-state index in [1.165, 1.54) is 6.26 Å². The number of sulfone groups is 1. The Bertz CT molecular complexity index is 1510. The van der Waals surface area contributed by atoms with Gasteiger partial charge in [-0.05, 0) is 74.2 Å². The highest BCUT2D eigenvalue weighted by Gasteiger charge is 2.47. The van der Waals surface area contributed by atoms with Crippen molar-refractivity contribution < 1.29 is 18.0 Å². The lowest BCUT2D eigenvalue weighted by Crippen LogP contribution is -2.45. The summed E-state index contributed by atoms with van der Waals surface area (Å²) in [4.78, 5) is 31.0. The number of benzene rings is 3. The minimum atomic E-state index is -3.25. The average molecular weight is 609 g/mol. The number of para-hydroxylation sites is 1. The first kappa shape index (κ1) is 30.1. The number of likely N-dealkylation sites (tertiary alicyclic amines) is 2. The van der Waals surface area contributed by atoms with Gasteiger partial charge in [0.05, 0.1) is 27.1 Å². The summed E-state index contributed by atoms with van der Waals surface area (Å²) in [6.45, 7) is 3.67. The minimum Gasteiger partial charge on any atom is -0.338 e. The molecule has 3 aromatic carbocycles. The molecule has 2 aliphatic rings. The van der Waals surface area contributed by atoms with E-state index in [4.69, 9.17) is 11.6 Å². The Morgan fingerprint density at radius 3 is 2.24 bits per heavy atom. The number of carbonyl (C=O) groups excluding carboxylic acids is 2. The lowest BCUT2D eigenvalue weighted by molar-refractivity contribution is -0.138. The van der Waals surface area contributed by atoms with Crippen molar-refractivity contribution in [2.24, 2.45) is 5.41 Å². The topological polar surface area (TPSA) is 98.8 Å². The third kappa shape index (κ3) is 7.14.